The van der Waals surface area contributed by atoms with Gasteiger partial charge in [0.1, 0.15) is 6.61 Å². The minimum atomic E-state index is -0.341. The van der Waals surface area contributed by atoms with Gasteiger partial charge in [-0.25, -0.2) is 0 Å². The summed E-state index contributed by atoms with van der Waals surface area (Å²) >= 11 is 5.25. The average Bonchev–Trinajstić information content (AvgIpc) is 1.61. The predicted molar refractivity (Wildman–Crippen MR) is 31.6 cm³/mol. The molecule has 0 atom stereocenters. The van der Waals surface area contributed by atoms with Crippen LogP contribution in [0.15, 0.2) is 11.6 Å². The summed E-state index contributed by atoms with van der Waals surface area (Å²) in [7, 11) is 0. The highest BCUT2D eigenvalue weighted by Gasteiger charge is 1.91. The number of hydrogen-bond donors (Lipinski definition) is 0. The lowest BCUT2D eigenvalue weighted by Crippen LogP contribution is -1.99. The third-order valence-corrected chi connectivity index (χ3v) is 0.541. The van der Waals surface area contributed by atoms with E-state index in [2.05, 4.69) is 11.3 Å². The SMILES string of the molecule is C=C(Cl)COC(C)=O. The van der Waals surface area contributed by atoms with Crippen LogP contribution < -0.4 is 0 Å². The molecule has 0 aliphatic heterocycles. The van der Waals surface area contributed by atoms with E-state index in [0.29, 0.717) is 5.03 Å². The molecule has 0 aromatic rings. The lowest BCUT2D eigenvalue weighted by molar-refractivity contribution is -0.139. The summed E-state index contributed by atoms with van der Waals surface area (Å²) in [4.78, 5) is 10.0. The molecule has 0 unspecified atom stereocenters. The van der Waals surface area contributed by atoms with Crippen LogP contribution in [-0.4, -0.2) is 12.6 Å². The molecule has 0 bridgehead atoms. The van der Waals surface area contributed by atoms with E-state index in [1.807, 2.05) is 0 Å². The molecule has 0 spiro atoms. The Kier molecular flexibility index (Phi) is 3.28. The molecule has 0 saturated carbocycles. The standard InChI is InChI=1S/C5H7ClO2/c1-4(6)3-8-5(2)7/h1,3H2,2H3. The Bertz CT molecular complexity index is 95.0. The molecule has 0 aromatic heterocycles. The zero-order valence-electron chi connectivity index (χ0n) is 4.61. The van der Waals surface area contributed by atoms with E-state index in [1.165, 1.54) is 6.92 Å². The van der Waals surface area contributed by atoms with Crippen molar-refractivity contribution >= 4 is 17.6 Å². The number of rotatable bonds is 2. The van der Waals surface area contributed by atoms with E-state index >= 15 is 0 Å². The van der Waals surface area contributed by atoms with Crippen molar-refractivity contribution in [1.82, 2.24) is 0 Å². The third kappa shape index (κ3) is 5.50. The van der Waals surface area contributed by atoms with Crippen molar-refractivity contribution < 1.29 is 9.53 Å². The van der Waals surface area contributed by atoms with E-state index in [4.69, 9.17) is 11.6 Å². The molecular weight excluding hydrogens is 128 g/mol. The van der Waals surface area contributed by atoms with Crippen LogP contribution in [-0.2, 0) is 9.53 Å². The molecule has 2 nitrogen and oxygen atoms in total. The predicted octanol–water partition coefficient (Wildman–Crippen LogP) is 1.30. The summed E-state index contributed by atoms with van der Waals surface area (Å²) in [6.07, 6.45) is 0. The zero-order chi connectivity index (χ0) is 6.57. The Morgan fingerprint density at radius 2 is 2.38 bits per heavy atom. The normalized spacial score (nSPS) is 8.25. The Balaban J connectivity index is 3.18. The molecule has 0 heterocycles. The lowest BCUT2D eigenvalue weighted by Gasteiger charge is -1.95. The fourth-order valence-corrected chi connectivity index (χ4v) is 0.234. The Morgan fingerprint density at radius 1 is 1.88 bits per heavy atom. The van der Waals surface area contributed by atoms with Crippen LogP contribution in [0.25, 0.3) is 0 Å². The monoisotopic (exact) mass is 134 g/mol. The Labute approximate surface area is 53.1 Å². The first-order valence-electron chi connectivity index (χ1n) is 2.09. The van der Waals surface area contributed by atoms with Gasteiger partial charge in [-0.3, -0.25) is 4.79 Å². The van der Waals surface area contributed by atoms with E-state index in [1.54, 1.807) is 0 Å². The first-order chi connectivity index (χ1) is 3.63. The molecule has 0 fully saturated rings. The van der Waals surface area contributed by atoms with Crippen LogP contribution in [0.3, 0.4) is 0 Å². The number of ether oxygens (including phenoxy) is 1. The number of carbonyl (C=O) groups excluding carboxylic acids is 1. The second-order valence-electron chi connectivity index (χ2n) is 1.30. The van der Waals surface area contributed by atoms with E-state index in [-0.39, 0.29) is 12.6 Å². The number of carbonyl (C=O) groups is 1. The molecule has 8 heavy (non-hydrogen) atoms. The fraction of sp³-hybridized carbons (Fsp3) is 0.400. The van der Waals surface area contributed by atoms with Crippen LogP contribution in [0.5, 0.6) is 0 Å². The summed E-state index contributed by atoms with van der Waals surface area (Å²) in [5, 5.41) is 0.334. The van der Waals surface area contributed by atoms with Gasteiger partial charge in [-0.2, -0.15) is 0 Å². The highest BCUT2D eigenvalue weighted by Crippen LogP contribution is 1.95. The lowest BCUT2D eigenvalue weighted by atomic mass is 10.7. The Morgan fingerprint density at radius 3 is 2.50 bits per heavy atom. The molecular formula is C5H7ClO2. The highest BCUT2D eigenvalue weighted by atomic mass is 35.5. The van der Waals surface area contributed by atoms with Crippen molar-refractivity contribution in [2.24, 2.45) is 0 Å². The first kappa shape index (κ1) is 7.50. The fourth-order valence-electron chi connectivity index (χ4n) is 0.180. The van der Waals surface area contributed by atoms with Gasteiger partial charge in [-0.15, -0.1) is 0 Å². The average molecular weight is 135 g/mol. The molecule has 0 saturated heterocycles. The topological polar surface area (TPSA) is 26.3 Å². The second-order valence-corrected chi connectivity index (χ2v) is 1.83. The maximum atomic E-state index is 10.0. The first-order valence-corrected chi connectivity index (χ1v) is 2.47. The van der Waals surface area contributed by atoms with Gasteiger partial charge >= 0.3 is 5.97 Å². The molecule has 46 valence electrons. The number of halogens is 1. The maximum absolute atomic E-state index is 10.0. The molecule has 0 aliphatic carbocycles. The molecule has 0 rings (SSSR count). The van der Waals surface area contributed by atoms with Gasteiger partial charge in [-0.05, 0) is 0 Å². The maximum Gasteiger partial charge on any atom is 0.302 e. The van der Waals surface area contributed by atoms with Gasteiger partial charge in [0.05, 0.1) is 0 Å². The van der Waals surface area contributed by atoms with Crippen LogP contribution >= 0.6 is 11.6 Å². The summed E-state index contributed by atoms with van der Waals surface area (Å²) in [6, 6.07) is 0. The minimum absolute atomic E-state index is 0.108. The molecule has 0 aliphatic rings. The second kappa shape index (κ2) is 3.50. The van der Waals surface area contributed by atoms with Crippen LogP contribution in [0, 0.1) is 0 Å². The number of hydrogen-bond acceptors (Lipinski definition) is 2. The van der Waals surface area contributed by atoms with E-state index in [9.17, 15) is 4.79 Å². The third-order valence-electron chi connectivity index (χ3n) is 0.432. The largest absolute Gasteiger partial charge is 0.460 e. The number of esters is 1. The van der Waals surface area contributed by atoms with Crippen molar-refractivity contribution in [2.45, 2.75) is 6.92 Å². The smallest absolute Gasteiger partial charge is 0.302 e. The molecule has 0 amide bonds. The van der Waals surface area contributed by atoms with Crippen LogP contribution in [0.1, 0.15) is 6.92 Å². The molecule has 3 heteroatoms. The quantitative estimate of drug-likeness (QED) is 0.533. The van der Waals surface area contributed by atoms with Gasteiger partial charge in [0.15, 0.2) is 0 Å². The Hall–Kier alpha value is -0.500. The summed E-state index contributed by atoms with van der Waals surface area (Å²) in [5.41, 5.74) is 0. The summed E-state index contributed by atoms with van der Waals surface area (Å²) in [6.45, 7) is 4.74. The summed E-state index contributed by atoms with van der Waals surface area (Å²) in [5.74, 6) is -0.341. The van der Waals surface area contributed by atoms with Crippen LogP contribution in [0.4, 0.5) is 0 Å². The van der Waals surface area contributed by atoms with Gasteiger partial charge in [-0.1, -0.05) is 18.2 Å². The van der Waals surface area contributed by atoms with Crippen molar-refractivity contribution in [2.75, 3.05) is 6.61 Å². The summed E-state index contributed by atoms with van der Waals surface area (Å²) < 4.78 is 4.43. The van der Waals surface area contributed by atoms with Gasteiger partial charge in [0, 0.05) is 12.0 Å². The highest BCUT2D eigenvalue weighted by molar-refractivity contribution is 6.29. The van der Waals surface area contributed by atoms with Crippen molar-refractivity contribution in [3.8, 4) is 0 Å². The molecule has 0 aromatic carbocycles. The minimum Gasteiger partial charge on any atom is -0.460 e. The van der Waals surface area contributed by atoms with Gasteiger partial charge < -0.3 is 4.74 Å². The molecule has 0 N–H and O–H groups in total. The zero-order valence-corrected chi connectivity index (χ0v) is 5.36. The van der Waals surface area contributed by atoms with Gasteiger partial charge in [0.2, 0.25) is 0 Å². The van der Waals surface area contributed by atoms with Crippen molar-refractivity contribution in [3.63, 3.8) is 0 Å². The van der Waals surface area contributed by atoms with E-state index < -0.39 is 0 Å². The molecule has 0 radical (unpaired) electrons. The van der Waals surface area contributed by atoms with Crippen molar-refractivity contribution in [3.05, 3.63) is 11.6 Å². The van der Waals surface area contributed by atoms with Gasteiger partial charge in [0.25, 0.3) is 0 Å². The van der Waals surface area contributed by atoms with Crippen LogP contribution in [0.2, 0.25) is 0 Å². The van der Waals surface area contributed by atoms with E-state index in [0.717, 1.165) is 0 Å². The van der Waals surface area contributed by atoms with Crippen molar-refractivity contribution in [1.29, 1.82) is 0 Å².